The molecule has 206 valence electrons. The van der Waals surface area contributed by atoms with Crippen LogP contribution in [-0.4, -0.2) is 105 Å². The number of carbonyl (C=O) groups is 3. The number of para-hydroxylation sites is 1. The summed E-state index contributed by atoms with van der Waals surface area (Å²) in [6.45, 7) is 4.00. The van der Waals surface area contributed by atoms with Gasteiger partial charge in [0.05, 0.1) is 38.1 Å². The van der Waals surface area contributed by atoms with Crippen LogP contribution in [0.25, 0.3) is 0 Å². The maximum Gasteiger partial charge on any atom is 0.322 e. The summed E-state index contributed by atoms with van der Waals surface area (Å²) in [6.07, 6.45) is 0.980. The number of hydrogen-bond acceptors (Lipinski definition) is 6. The van der Waals surface area contributed by atoms with E-state index in [1.807, 2.05) is 11.0 Å². The lowest BCUT2D eigenvalue weighted by atomic mass is 9.94. The van der Waals surface area contributed by atoms with E-state index in [-0.39, 0.29) is 30.9 Å². The first-order valence-corrected chi connectivity index (χ1v) is 13.2. The highest BCUT2D eigenvalue weighted by Crippen LogP contribution is 2.42. The first-order chi connectivity index (χ1) is 18.9. The fourth-order valence-corrected chi connectivity index (χ4v) is 5.54. The molecule has 3 aliphatic rings. The Hall–Kier alpha value is -4.05. The van der Waals surface area contributed by atoms with E-state index in [1.165, 1.54) is 29.6 Å². The van der Waals surface area contributed by atoms with E-state index in [4.69, 9.17) is 9.47 Å². The van der Waals surface area contributed by atoms with Crippen LogP contribution in [0, 0.1) is 0 Å². The number of piperazine rings is 1. The van der Waals surface area contributed by atoms with Crippen LogP contribution in [0.5, 0.6) is 11.5 Å². The summed E-state index contributed by atoms with van der Waals surface area (Å²) in [4.78, 5) is 46.9. The second-order valence-electron chi connectivity index (χ2n) is 10.0. The standard InChI is InChI=1S/C29H35N5O5/c1-31-22-18-34(19-24(35)33-16-14-32(15-17-33)13-12-20-8-5-4-6-9-20)28(36)25(22)26(30-29(31)37)21-10-7-11-23(38-2)27(21)39-3/h4-11,26H,12-19H2,1-3H3,(H,30,37). The molecule has 0 bridgehead atoms. The fraction of sp³-hybridized carbons (Fsp3) is 0.414. The van der Waals surface area contributed by atoms with Crippen LogP contribution < -0.4 is 14.8 Å². The van der Waals surface area contributed by atoms with Crippen molar-refractivity contribution in [2.45, 2.75) is 12.5 Å². The van der Waals surface area contributed by atoms with E-state index in [9.17, 15) is 14.4 Å². The minimum atomic E-state index is -0.713. The molecule has 0 saturated carbocycles. The second-order valence-corrected chi connectivity index (χ2v) is 10.0. The van der Waals surface area contributed by atoms with Gasteiger partial charge in [-0.05, 0) is 18.1 Å². The average Bonchev–Trinajstić information content (AvgIpc) is 3.29. The van der Waals surface area contributed by atoms with Gasteiger partial charge in [-0.25, -0.2) is 4.79 Å². The highest BCUT2D eigenvalue weighted by Gasteiger charge is 2.44. The van der Waals surface area contributed by atoms with Gasteiger partial charge in [0, 0.05) is 45.3 Å². The van der Waals surface area contributed by atoms with Gasteiger partial charge < -0.3 is 24.6 Å². The quantitative estimate of drug-likeness (QED) is 0.557. The van der Waals surface area contributed by atoms with E-state index < -0.39 is 6.04 Å². The number of benzene rings is 2. The van der Waals surface area contributed by atoms with E-state index in [1.54, 1.807) is 25.2 Å². The smallest absolute Gasteiger partial charge is 0.322 e. The lowest BCUT2D eigenvalue weighted by molar-refractivity contribution is -0.138. The SMILES string of the molecule is COc1cccc(C2NC(=O)N(C)C3=C2C(=O)N(CC(=O)N2CCN(CCc4ccccc4)CC2)C3)c1OC. The highest BCUT2D eigenvalue weighted by molar-refractivity contribution is 6.03. The molecule has 3 aliphatic heterocycles. The number of methoxy groups -OCH3 is 2. The zero-order chi connectivity index (χ0) is 27.5. The molecule has 1 N–H and O–H groups in total. The molecule has 39 heavy (non-hydrogen) atoms. The van der Waals surface area contributed by atoms with Crippen LogP contribution in [-0.2, 0) is 16.0 Å². The Kier molecular flexibility index (Phi) is 7.74. The summed E-state index contributed by atoms with van der Waals surface area (Å²) in [5.41, 5.74) is 2.97. The Balaban J connectivity index is 1.24. The zero-order valence-electron chi connectivity index (χ0n) is 22.7. The maximum absolute atomic E-state index is 13.7. The third-order valence-electron chi connectivity index (χ3n) is 7.79. The van der Waals surface area contributed by atoms with Crippen molar-refractivity contribution in [3.8, 4) is 11.5 Å². The van der Waals surface area contributed by atoms with Gasteiger partial charge in [0.15, 0.2) is 11.5 Å². The molecule has 2 aromatic carbocycles. The third-order valence-corrected chi connectivity index (χ3v) is 7.79. The van der Waals surface area contributed by atoms with E-state index in [2.05, 4.69) is 34.5 Å². The Morgan fingerprint density at radius 1 is 0.974 bits per heavy atom. The normalized spacial score (nSPS) is 19.8. The van der Waals surface area contributed by atoms with Crippen molar-refractivity contribution in [2.24, 2.45) is 0 Å². The molecule has 1 saturated heterocycles. The summed E-state index contributed by atoms with van der Waals surface area (Å²) < 4.78 is 11.0. The van der Waals surface area contributed by atoms with Crippen molar-refractivity contribution in [1.29, 1.82) is 0 Å². The molecule has 10 heteroatoms. The van der Waals surface area contributed by atoms with Gasteiger partial charge >= 0.3 is 6.03 Å². The van der Waals surface area contributed by atoms with Gasteiger partial charge in [-0.3, -0.25) is 19.4 Å². The number of ether oxygens (including phenoxy) is 2. The Morgan fingerprint density at radius 3 is 2.41 bits per heavy atom. The van der Waals surface area contributed by atoms with E-state index in [0.29, 0.717) is 41.4 Å². The van der Waals surface area contributed by atoms with Crippen molar-refractivity contribution < 1.29 is 23.9 Å². The fourth-order valence-electron chi connectivity index (χ4n) is 5.54. The van der Waals surface area contributed by atoms with Gasteiger partial charge in [0.1, 0.15) is 6.54 Å². The maximum atomic E-state index is 13.7. The summed E-state index contributed by atoms with van der Waals surface area (Å²) >= 11 is 0. The minimum Gasteiger partial charge on any atom is -0.493 e. The molecule has 10 nitrogen and oxygen atoms in total. The number of nitrogens with one attached hydrogen (secondary N) is 1. The zero-order valence-corrected chi connectivity index (χ0v) is 22.7. The minimum absolute atomic E-state index is 0.0279. The second kappa shape index (κ2) is 11.4. The predicted octanol–water partition coefficient (Wildman–Crippen LogP) is 1.88. The molecule has 1 fully saturated rings. The number of likely N-dealkylation sites (N-methyl/N-ethyl adjacent to an activating group) is 1. The van der Waals surface area contributed by atoms with Gasteiger partial charge in [-0.15, -0.1) is 0 Å². The summed E-state index contributed by atoms with van der Waals surface area (Å²) in [5.74, 6) is 0.616. The van der Waals surface area contributed by atoms with Gasteiger partial charge in [0.2, 0.25) is 5.91 Å². The Morgan fingerprint density at radius 2 is 1.72 bits per heavy atom. The molecular weight excluding hydrogens is 498 g/mol. The topological polar surface area (TPSA) is 94.7 Å². The van der Waals surface area contributed by atoms with Crippen LogP contribution in [0.2, 0.25) is 0 Å². The summed E-state index contributed by atoms with van der Waals surface area (Å²) in [6, 6.07) is 14.7. The molecule has 1 unspecified atom stereocenters. The molecule has 5 rings (SSSR count). The van der Waals surface area contributed by atoms with Crippen LogP contribution >= 0.6 is 0 Å². The lowest BCUT2D eigenvalue weighted by Crippen LogP contribution is -2.51. The molecule has 0 aliphatic carbocycles. The van der Waals surface area contributed by atoms with Gasteiger partial charge in [-0.1, -0.05) is 42.5 Å². The molecule has 0 spiro atoms. The van der Waals surface area contributed by atoms with E-state index in [0.717, 1.165) is 26.1 Å². The molecular formula is C29H35N5O5. The lowest BCUT2D eigenvalue weighted by Gasteiger charge is -2.35. The molecule has 1 atom stereocenters. The van der Waals surface area contributed by atoms with Crippen molar-refractivity contribution in [1.82, 2.24) is 24.9 Å². The first kappa shape index (κ1) is 26.6. The largest absolute Gasteiger partial charge is 0.493 e. The van der Waals surface area contributed by atoms with Gasteiger partial charge in [0.25, 0.3) is 5.91 Å². The Bertz CT molecular complexity index is 1270. The molecule has 3 heterocycles. The van der Waals surface area contributed by atoms with Crippen LogP contribution in [0.3, 0.4) is 0 Å². The number of nitrogens with zero attached hydrogens (tertiary/aromatic N) is 4. The van der Waals surface area contributed by atoms with Crippen molar-refractivity contribution in [3.63, 3.8) is 0 Å². The van der Waals surface area contributed by atoms with Crippen molar-refractivity contribution in [3.05, 3.63) is 70.9 Å². The Labute approximate surface area is 228 Å². The first-order valence-electron chi connectivity index (χ1n) is 13.2. The number of rotatable bonds is 8. The van der Waals surface area contributed by atoms with Crippen molar-refractivity contribution >= 4 is 17.8 Å². The van der Waals surface area contributed by atoms with Crippen LogP contribution in [0.4, 0.5) is 4.79 Å². The van der Waals surface area contributed by atoms with Gasteiger partial charge in [-0.2, -0.15) is 0 Å². The number of urea groups is 1. The monoisotopic (exact) mass is 533 g/mol. The molecule has 0 aromatic heterocycles. The molecule has 2 aromatic rings. The van der Waals surface area contributed by atoms with Crippen LogP contribution in [0.1, 0.15) is 17.2 Å². The third kappa shape index (κ3) is 5.29. The number of hydrogen-bond donors (Lipinski definition) is 1. The summed E-state index contributed by atoms with van der Waals surface area (Å²) in [7, 11) is 4.70. The van der Waals surface area contributed by atoms with Crippen LogP contribution in [0.15, 0.2) is 59.8 Å². The highest BCUT2D eigenvalue weighted by atomic mass is 16.5. The predicted molar refractivity (Wildman–Crippen MR) is 145 cm³/mol. The molecule has 0 radical (unpaired) electrons. The molecule has 4 amide bonds. The van der Waals surface area contributed by atoms with E-state index >= 15 is 0 Å². The van der Waals surface area contributed by atoms with Crippen molar-refractivity contribution in [2.75, 3.05) is 67.1 Å². The number of carbonyl (C=O) groups excluding carboxylic acids is 3. The average molecular weight is 534 g/mol. The summed E-state index contributed by atoms with van der Waals surface area (Å²) in [5, 5.41) is 2.92. The number of amides is 4.